The number of methoxy groups -OCH3 is 1. The number of thioether (sulfide) groups is 1. The van der Waals surface area contributed by atoms with Crippen molar-refractivity contribution in [3.05, 3.63) is 76.3 Å². The maximum Gasteiger partial charge on any atom is 0.413 e. The van der Waals surface area contributed by atoms with Crippen LogP contribution in [0.3, 0.4) is 0 Å². The van der Waals surface area contributed by atoms with Crippen LogP contribution >= 0.6 is 34.7 Å². The lowest BCUT2D eigenvalue weighted by molar-refractivity contribution is -0.179. The van der Waals surface area contributed by atoms with Crippen molar-refractivity contribution in [3.63, 3.8) is 0 Å². The van der Waals surface area contributed by atoms with Crippen molar-refractivity contribution in [2.45, 2.75) is 83.4 Å². The molecule has 0 aliphatic carbocycles. The molecule has 2 saturated heterocycles. The molecule has 0 spiro atoms. The predicted octanol–water partition coefficient (Wildman–Crippen LogP) is 5.42. The fourth-order valence-corrected chi connectivity index (χ4v) is 8.27. The van der Waals surface area contributed by atoms with Crippen LogP contribution in [0.25, 0.3) is 0 Å². The van der Waals surface area contributed by atoms with Crippen molar-refractivity contribution in [3.8, 4) is 5.75 Å². The number of β-lactam (4-membered cyclic amide) rings is 1. The van der Waals surface area contributed by atoms with Crippen LogP contribution in [0.5, 0.6) is 5.75 Å². The van der Waals surface area contributed by atoms with E-state index in [1.165, 1.54) is 30.5 Å². The first-order valence-corrected chi connectivity index (χ1v) is 20.0. The topological polar surface area (TPSA) is 184 Å². The van der Waals surface area contributed by atoms with Crippen LogP contribution in [-0.2, 0) is 51.4 Å². The molecule has 18 heteroatoms. The van der Waals surface area contributed by atoms with Gasteiger partial charge in [-0.2, -0.15) is 0 Å². The Balaban J connectivity index is 1.33. The number of hydrogen-bond acceptors (Lipinski definition) is 14. The summed E-state index contributed by atoms with van der Waals surface area (Å²) in [6, 6.07) is 14.1. The third kappa shape index (κ3) is 10.3. The SMILES string of the molecule is COc1ccc(COC(=O)C2C(CCl)CSC3C(NC(=O)/C(=N\OC(C)(C)C(=O)OC(C)(C)C)c4nc(NC(=O)OCc5ccccc5)sc4C)C(=O)N32)cc1. The lowest BCUT2D eigenvalue weighted by Gasteiger charge is -2.54. The number of anilines is 1. The third-order valence-electron chi connectivity index (χ3n) is 8.49. The molecule has 5 rings (SSSR count). The number of esters is 2. The molecule has 2 aromatic carbocycles. The second-order valence-electron chi connectivity index (χ2n) is 14.4. The van der Waals surface area contributed by atoms with E-state index < -0.39 is 64.4 Å². The number of aryl methyl sites for hydroxylation is 1. The van der Waals surface area contributed by atoms with Crippen LogP contribution in [0.15, 0.2) is 59.8 Å². The number of nitrogens with zero attached hydrogens (tertiary/aromatic N) is 3. The summed E-state index contributed by atoms with van der Waals surface area (Å²) in [5.41, 5.74) is -1.32. The van der Waals surface area contributed by atoms with Gasteiger partial charge in [-0.3, -0.25) is 14.9 Å². The van der Waals surface area contributed by atoms with E-state index >= 15 is 0 Å². The molecule has 300 valence electrons. The van der Waals surface area contributed by atoms with Crippen LogP contribution in [0.2, 0.25) is 0 Å². The van der Waals surface area contributed by atoms with Gasteiger partial charge in [-0.25, -0.2) is 19.4 Å². The number of rotatable bonds is 14. The van der Waals surface area contributed by atoms with Gasteiger partial charge >= 0.3 is 18.0 Å². The monoisotopic (exact) mass is 829 g/mol. The van der Waals surface area contributed by atoms with E-state index in [4.69, 9.17) is 35.4 Å². The van der Waals surface area contributed by atoms with E-state index in [0.717, 1.165) is 22.5 Å². The molecule has 1 aromatic heterocycles. The number of nitrogens with one attached hydrogen (secondary N) is 2. The van der Waals surface area contributed by atoms with E-state index in [9.17, 15) is 24.0 Å². The minimum absolute atomic E-state index is 0.0189. The van der Waals surface area contributed by atoms with Gasteiger partial charge in [-0.15, -0.1) is 34.7 Å². The van der Waals surface area contributed by atoms with Crippen molar-refractivity contribution in [2.75, 3.05) is 24.1 Å². The zero-order valence-electron chi connectivity index (χ0n) is 32.0. The second-order valence-corrected chi connectivity index (χ2v) is 17.1. The summed E-state index contributed by atoms with van der Waals surface area (Å²) in [6.07, 6.45) is -0.777. The van der Waals surface area contributed by atoms with Gasteiger partial charge in [0.1, 0.15) is 47.7 Å². The summed E-state index contributed by atoms with van der Waals surface area (Å²) in [5.74, 6) is -1.96. The first kappa shape index (κ1) is 42.3. The summed E-state index contributed by atoms with van der Waals surface area (Å²) in [4.78, 5) is 78.8. The van der Waals surface area contributed by atoms with Crippen LogP contribution in [0, 0.1) is 12.8 Å². The van der Waals surface area contributed by atoms with Crippen LogP contribution in [0.1, 0.15) is 56.3 Å². The van der Waals surface area contributed by atoms with E-state index in [0.29, 0.717) is 16.4 Å². The Labute approximate surface area is 337 Å². The van der Waals surface area contributed by atoms with Gasteiger partial charge in [0.2, 0.25) is 11.5 Å². The van der Waals surface area contributed by atoms with Crippen molar-refractivity contribution in [2.24, 2.45) is 11.1 Å². The van der Waals surface area contributed by atoms with Gasteiger partial charge in [0.15, 0.2) is 10.8 Å². The number of carbonyl (C=O) groups excluding carboxylic acids is 5. The molecular weight excluding hydrogens is 786 g/mol. The summed E-state index contributed by atoms with van der Waals surface area (Å²) < 4.78 is 21.6. The number of fused-ring (bicyclic) bond motifs is 1. The van der Waals surface area contributed by atoms with Crippen molar-refractivity contribution >= 4 is 75.4 Å². The number of hydrogen-bond donors (Lipinski definition) is 2. The standard InChI is InChI=1S/C38H44ClN5O10S2/c1-21-26(41-35(56-21)42-36(49)52-19-22-11-9-8-10-12-22)27(43-54-38(5,6)34(48)53-37(2,3)4)30(45)40-28-31(46)44-29(24(17-39)20-55-32(28)44)33(47)51-18-23-13-15-25(50-7)16-14-23/h8-16,24,28-29,32H,17-20H2,1-7H3,(H,40,45)(H,41,42,49)/b43-27-. The van der Waals surface area contributed by atoms with E-state index in [1.54, 1.807) is 59.1 Å². The largest absolute Gasteiger partial charge is 0.497 e. The van der Waals surface area contributed by atoms with Crippen LogP contribution in [0.4, 0.5) is 9.93 Å². The quantitative estimate of drug-likeness (QED) is 0.0527. The lowest BCUT2D eigenvalue weighted by Crippen LogP contribution is -2.76. The van der Waals surface area contributed by atoms with E-state index in [1.807, 2.05) is 30.3 Å². The molecular formula is C38H44ClN5O10S2. The zero-order chi connectivity index (χ0) is 40.8. The number of amides is 3. The second kappa shape index (κ2) is 17.9. The molecule has 2 aliphatic rings. The number of halogens is 1. The van der Waals surface area contributed by atoms with Crippen LogP contribution in [-0.4, -0.2) is 92.8 Å². The highest BCUT2D eigenvalue weighted by Crippen LogP contribution is 2.41. The molecule has 15 nitrogen and oxygen atoms in total. The predicted molar refractivity (Wildman–Crippen MR) is 210 cm³/mol. The Kier molecular flexibility index (Phi) is 13.5. The molecule has 4 unspecified atom stereocenters. The fourth-order valence-electron chi connectivity index (χ4n) is 5.54. The summed E-state index contributed by atoms with van der Waals surface area (Å²) in [7, 11) is 1.55. The highest BCUT2D eigenvalue weighted by atomic mass is 35.5. The number of aromatic nitrogens is 1. The molecule has 4 atom stereocenters. The zero-order valence-corrected chi connectivity index (χ0v) is 34.3. The molecule has 2 fully saturated rings. The Morgan fingerprint density at radius 2 is 1.64 bits per heavy atom. The first-order valence-electron chi connectivity index (χ1n) is 17.6. The van der Waals surface area contributed by atoms with Crippen molar-refractivity contribution in [1.29, 1.82) is 0 Å². The summed E-state index contributed by atoms with van der Waals surface area (Å²) >= 11 is 8.68. The normalized spacial score (nSPS) is 19.5. The Morgan fingerprint density at radius 1 is 0.982 bits per heavy atom. The number of oxime groups is 1. The Hall–Kier alpha value is -4.87. The molecule has 3 amide bonds. The molecule has 0 bridgehead atoms. The van der Waals surface area contributed by atoms with Crippen LogP contribution < -0.4 is 15.4 Å². The summed E-state index contributed by atoms with van der Waals surface area (Å²) in [6.45, 7) is 9.59. The molecule has 0 radical (unpaired) electrons. The molecule has 2 aliphatic heterocycles. The third-order valence-corrected chi connectivity index (χ3v) is 11.2. The lowest BCUT2D eigenvalue weighted by atomic mass is 9.94. The van der Waals surface area contributed by atoms with Gasteiger partial charge in [-0.1, -0.05) is 47.6 Å². The highest BCUT2D eigenvalue weighted by molar-refractivity contribution is 8.00. The van der Waals surface area contributed by atoms with Crippen molar-refractivity contribution < 1.29 is 47.8 Å². The summed E-state index contributed by atoms with van der Waals surface area (Å²) in [5, 5.41) is 8.85. The molecule has 56 heavy (non-hydrogen) atoms. The average Bonchev–Trinajstić information content (AvgIpc) is 3.52. The molecule has 3 heterocycles. The molecule has 3 aromatic rings. The number of alkyl halides is 1. The number of thiazole rings is 1. The van der Waals surface area contributed by atoms with Gasteiger partial charge in [-0.05, 0) is 64.8 Å². The smallest absolute Gasteiger partial charge is 0.413 e. The number of ether oxygens (including phenoxy) is 4. The average molecular weight is 830 g/mol. The minimum atomic E-state index is -1.65. The van der Waals surface area contributed by atoms with Gasteiger partial charge < -0.3 is 34.0 Å². The Bertz CT molecular complexity index is 1950. The number of carbonyl (C=O) groups is 5. The minimum Gasteiger partial charge on any atom is -0.497 e. The Morgan fingerprint density at radius 3 is 2.29 bits per heavy atom. The fraction of sp³-hybridized carbons (Fsp3) is 0.447. The van der Waals surface area contributed by atoms with Gasteiger partial charge in [0, 0.05) is 22.4 Å². The van der Waals surface area contributed by atoms with Gasteiger partial charge in [0.25, 0.3) is 5.91 Å². The maximum atomic E-state index is 14.1. The van der Waals surface area contributed by atoms with E-state index in [2.05, 4.69) is 20.8 Å². The molecule has 2 N–H and O–H groups in total. The maximum absolute atomic E-state index is 14.1. The highest BCUT2D eigenvalue weighted by Gasteiger charge is 2.58. The number of benzene rings is 2. The molecule has 0 saturated carbocycles. The first-order chi connectivity index (χ1) is 26.5. The van der Waals surface area contributed by atoms with Crippen molar-refractivity contribution in [1.82, 2.24) is 15.2 Å². The van der Waals surface area contributed by atoms with Gasteiger partial charge in [0.05, 0.1) is 7.11 Å². The van der Waals surface area contributed by atoms with E-state index in [-0.39, 0.29) is 35.6 Å².